The van der Waals surface area contributed by atoms with E-state index in [9.17, 15) is 26.3 Å². The maximum absolute atomic E-state index is 12.0. The fourth-order valence-electron chi connectivity index (χ4n) is 2.14. The van der Waals surface area contributed by atoms with Gasteiger partial charge in [0.05, 0.1) is 21.8 Å². The van der Waals surface area contributed by atoms with E-state index in [1.807, 2.05) is 19.1 Å². The molecule has 0 fully saturated rings. The highest BCUT2D eigenvalue weighted by molar-refractivity contribution is 6.31. The quantitative estimate of drug-likeness (QED) is 0.333. The van der Waals surface area contributed by atoms with Crippen LogP contribution in [0.15, 0.2) is 60.9 Å². The van der Waals surface area contributed by atoms with Gasteiger partial charge >= 0.3 is 12.4 Å². The van der Waals surface area contributed by atoms with Gasteiger partial charge in [0, 0.05) is 18.1 Å². The summed E-state index contributed by atoms with van der Waals surface area (Å²) in [5.74, 6) is 0. The molecule has 3 rings (SSSR count). The van der Waals surface area contributed by atoms with Gasteiger partial charge < -0.3 is 0 Å². The average molecular weight is 449 g/mol. The molecule has 0 aliphatic rings. The standard InChI is InChI=1S/C8H7F3.C7H6F3N.C6H6ClN/c1-6-4-2-3-5-7(6)8(9,10)11;1-5-6(7(8,9)10)3-2-4-11-5;1-5-6(7)3-2-4-8-5/h2-5H,1H3;2-4H,1H3;2-4H,1H3. The number of benzene rings is 1. The number of hydrogen-bond donors (Lipinski definition) is 0. The minimum absolute atomic E-state index is 0.0139. The zero-order valence-electron chi connectivity index (χ0n) is 16.3. The lowest BCUT2D eigenvalue weighted by atomic mass is 10.1. The molecule has 2 aromatic heterocycles. The maximum atomic E-state index is 12.0. The SMILES string of the molecule is Cc1ccccc1C(F)(F)F.Cc1ncccc1C(F)(F)F.Cc1ncccc1Cl. The third kappa shape index (κ3) is 8.41. The van der Waals surface area contributed by atoms with Gasteiger partial charge in [0.15, 0.2) is 0 Å². The zero-order chi connectivity index (χ0) is 22.9. The first-order chi connectivity index (χ1) is 13.8. The van der Waals surface area contributed by atoms with E-state index in [4.69, 9.17) is 11.6 Å². The third-order valence-corrected chi connectivity index (χ3v) is 4.10. The minimum atomic E-state index is -4.28. The molecular weight excluding hydrogens is 430 g/mol. The Balaban J connectivity index is 0.000000228. The Morgan fingerprint density at radius 3 is 1.43 bits per heavy atom. The molecule has 0 saturated heterocycles. The van der Waals surface area contributed by atoms with E-state index in [0.717, 1.165) is 22.8 Å². The van der Waals surface area contributed by atoms with Crippen molar-refractivity contribution in [1.82, 2.24) is 9.97 Å². The van der Waals surface area contributed by atoms with Crippen LogP contribution in [0.4, 0.5) is 26.3 Å². The monoisotopic (exact) mass is 448 g/mol. The van der Waals surface area contributed by atoms with Crippen LogP contribution in [0.25, 0.3) is 0 Å². The summed E-state index contributed by atoms with van der Waals surface area (Å²) in [5, 5.41) is 0.729. The van der Waals surface area contributed by atoms with Crippen LogP contribution in [0.3, 0.4) is 0 Å². The Kier molecular flexibility index (Phi) is 9.29. The lowest BCUT2D eigenvalue weighted by molar-refractivity contribution is -0.139. The van der Waals surface area contributed by atoms with E-state index >= 15 is 0 Å². The fourth-order valence-corrected chi connectivity index (χ4v) is 2.26. The zero-order valence-corrected chi connectivity index (χ0v) is 17.1. The molecule has 0 N–H and O–H groups in total. The van der Waals surface area contributed by atoms with Crippen molar-refractivity contribution in [3.05, 3.63) is 94.0 Å². The Morgan fingerprint density at radius 1 is 0.633 bits per heavy atom. The van der Waals surface area contributed by atoms with Gasteiger partial charge in [-0.2, -0.15) is 26.3 Å². The molecule has 0 spiro atoms. The van der Waals surface area contributed by atoms with Crippen molar-refractivity contribution in [2.45, 2.75) is 33.1 Å². The highest BCUT2D eigenvalue weighted by Crippen LogP contribution is 2.31. The smallest absolute Gasteiger partial charge is 0.261 e. The fraction of sp³-hybridized carbons (Fsp3) is 0.238. The van der Waals surface area contributed by atoms with Gasteiger partial charge in [0.1, 0.15) is 0 Å². The molecule has 0 radical (unpaired) electrons. The number of nitrogens with zero attached hydrogens (tertiary/aromatic N) is 2. The number of pyridine rings is 2. The van der Waals surface area contributed by atoms with Crippen LogP contribution in [0.5, 0.6) is 0 Å². The summed E-state index contributed by atoms with van der Waals surface area (Å²) in [7, 11) is 0. The van der Waals surface area contributed by atoms with Crippen LogP contribution in [0.2, 0.25) is 5.02 Å². The summed E-state index contributed by atoms with van der Waals surface area (Å²) in [6.07, 6.45) is -5.44. The molecule has 2 heterocycles. The van der Waals surface area contributed by atoms with Crippen molar-refractivity contribution < 1.29 is 26.3 Å². The number of rotatable bonds is 0. The van der Waals surface area contributed by atoms with Crippen LogP contribution < -0.4 is 0 Å². The molecule has 30 heavy (non-hydrogen) atoms. The van der Waals surface area contributed by atoms with Crippen molar-refractivity contribution in [3.63, 3.8) is 0 Å². The molecule has 0 aliphatic heterocycles. The Morgan fingerprint density at radius 2 is 1.10 bits per heavy atom. The van der Waals surface area contributed by atoms with Gasteiger partial charge in [-0.05, 0) is 56.7 Å². The van der Waals surface area contributed by atoms with Gasteiger partial charge in [0.2, 0.25) is 0 Å². The highest BCUT2D eigenvalue weighted by atomic mass is 35.5. The summed E-state index contributed by atoms with van der Waals surface area (Å²) < 4.78 is 72.2. The molecule has 0 bridgehead atoms. The topological polar surface area (TPSA) is 25.8 Å². The molecule has 0 saturated carbocycles. The predicted octanol–water partition coefficient (Wildman–Crippen LogP) is 7.47. The van der Waals surface area contributed by atoms with Crippen LogP contribution in [-0.4, -0.2) is 9.97 Å². The molecule has 3 aromatic rings. The average Bonchev–Trinajstić information content (AvgIpc) is 2.64. The van der Waals surface area contributed by atoms with Crippen molar-refractivity contribution in [2.24, 2.45) is 0 Å². The summed E-state index contributed by atoms with van der Waals surface area (Å²) >= 11 is 5.65. The molecule has 1 aromatic carbocycles. The minimum Gasteiger partial charge on any atom is -0.261 e. The first-order valence-electron chi connectivity index (χ1n) is 8.52. The molecule has 0 unspecified atom stereocenters. The van der Waals surface area contributed by atoms with E-state index < -0.39 is 23.5 Å². The van der Waals surface area contributed by atoms with E-state index in [1.165, 1.54) is 38.2 Å². The summed E-state index contributed by atoms with van der Waals surface area (Å²) in [5.41, 5.74) is -0.0610. The van der Waals surface area contributed by atoms with Crippen molar-refractivity contribution in [1.29, 1.82) is 0 Å². The largest absolute Gasteiger partial charge is 0.418 e. The van der Waals surface area contributed by atoms with Crippen LogP contribution in [0.1, 0.15) is 28.1 Å². The maximum Gasteiger partial charge on any atom is 0.418 e. The van der Waals surface area contributed by atoms with E-state index in [2.05, 4.69) is 9.97 Å². The Hall–Kier alpha value is -2.61. The molecule has 0 amide bonds. The van der Waals surface area contributed by atoms with E-state index in [0.29, 0.717) is 0 Å². The third-order valence-electron chi connectivity index (χ3n) is 3.71. The van der Waals surface area contributed by atoms with Crippen LogP contribution >= 0.6 is 11.6 Å². The number of alkyl halides is 6. The second kappa shape index (κ2) is 11.0. The van der Waals surface area contributed by atoms with Crippen molar-refractivity contribution in [3.8, 4) is 0 Å². The number of aryl methyl sites for hydroxylation is 3. The molecule has 0 aliphatic carbocycles. The lowest BCUT2D eigenvalue weighted by Gasteiger charge is -2.08. The summed E-state index contributed by atoms with van der Waals surface area (Å²) in [6, 6.07) is 11.4. The van der Waals surface area contributed by atoms with Gasteiger partial charge in [-0.15, -0.1) is 0 Å². The first kappa shape index (κ1) is 25.4. The first-order valence-corrected chi connectivity index (χ1v) is 8.90. The molecule has 2 nitrogen and oxygen atoms in total. The normalized spacial score (nSPS) is 11.0. The number of aromatic nitrogens is 2. The second-order valence-corrected chi connectivity index (χ2v) is 6.42. The Bertz CT molecular complexity index is 863. The molecule has 0 atom stereocenters. The van der Waals surface area contributed by atoms with E-state index in [1.54, 1.807) is 12.3 Å². The van der Waals surface area contributed by atoms with Gasteiger partial charge in [-0.3, -0.25) is 9.97 Å². The molecule has 9 heteroatoms. The molecule has 162 valence electrons. The number of halogens is 7. The number of hydrogen-bond acceptors (Lipinski definition) is 2. The summed E-state index contributed by atoms with van der Waals surface area (Å²) in [6.45, 7) is 4.66. The van der Waals surface area contributed by atoms with E-state index in [-0.39, 0.29) is 11.3 Å². The highest BCUT2D eigenvalue weighted by Gasteiger charge is 2.32. The van der Waals surface area contributed by atoms with Gasteiger partial charge in [-0.1, -0.05) is 29.8 Å². The van der Waals surface area contributed by atoms with Crippen LogP contribution in [-0.2, 0) is 12.4 Å². The Labute approximate surface area is 175 Å². The second-order valence-electron chi connectivity index (χ2n) is 6.02. The van der Waals surface area contributed by atoms with Crippen molar-refractivity contribution >= 4 is 11.6 Å². The molecular formula is C21H19ClF6N2. The van der Waals surface area contributed by atoms with Crippen molar-refractivity contribution in [2.75, 3.05) is 0 Å². The summed E-state index contributed by atoms with van der Waals surface area (Å²) in [4.78, 5) is 7.47. The van der Waals surface area contributed by atoms with Gasteiger partial charge in [-0.25, -0.2) is 0 Å². The lowest BCUT2D eigenvalue weighted by Crippen LogP contribution is -2.07. The van der Waals surface area contributed by atoms with Crippen LogP contribution in [0, 0.1) is 20.8 Å². The van der Waals surface area contributed by atoms with Gasteiger partial charge in [0.25, 0.3) is 0 Å². The predicted molar refractivity (Wildman–Crippen MR) is 104 cm³/mol.